The van der Waals surface area contributed by atoms with Crippen molar-refractivity contribution >= 4 is 11.5 Å². The summed E-state index contributed by atoms with van der Waals surface area (Å²) in [7, 11) is 0. The molecular formula is C18H20N4O2. The Bertz CT molecular complexity index is 853. The number of anilines is 1. The molecule has 6 heteroatoms. The minimum atomic E-state index is -0.180. The minimum Gasteiger partial charge on any atom is -0.508 e. The molecule has 0 amide bonds. The molecule has 0 saturated heterocycles. The van der Waals surface area contributed by atoms with Gasteiger partial charge >= 0.3 is 0 Å². The van der Waals surface area contributed by atoms with Crippen molar-refractivity contribution in [2.45, 2.75) is 37.8 Å². The van der Waals surface area contributed by atoms with Crippen LogP contribution >= 0.6 is 0 Å². The second-order valence-electron chi connectivity index (χ2n) is 6.33. The zero-order chi connectivity index (χ0) is 16.5. The number of phenolic OH excluding ortho intramolecular Hbond substituents is 1. The van der Waals surface area contributed by atoms with E-state index in [1.54, 1.807) is 24.4 Å². The molecule has 2 aromatic heterocycles. The van der Waals surface area contributed by atoms with Gasteiger partial charge in [0.25, 0.3) is 0 Å². The molecular weight excluding hydrogens is 304 g/mol. The molecule has 124 valence electrons. The van der Waals surface area contributed by atoms with Crippen LogP contribution in [0, 0.1) is 0 Å². The quantitative estimate of drug-likeness (QED) is 0.690. The van der Waals surface area contributed by atoms with Gasteiger partial charge in [0.05, 0.1) is 11.8 Å². The first-order valence-corrected chi connectivity index (χ1v) is 8.27. The Morgan fingerprint density at radius 2 is 2.00 bits per heavy atom. The maximum Gasteiger partial charge on any atom is 0.180 e. The first-order chi connectivity index (χ1) is 11.7. The summed E-state index contributed by atoms with van der Waals surface area (Å²) in [5.74, 6) is 0.957. The predicted molar refractivity (Wildman–Crippen MR) is 92.0 cm³/mol. The third-order valence-corrected chi connectivity index (χ3v) is 4.55. The van der Waals surface area contributed by atoms with Crippen molar-refractivity contribution in [2.24, 2.45) is 0 Å². The van der Waals surface area contributed by atoms with Crippen molar-refractivity contribution in [1.82, 2.24) is 14.4 Å². The molecule has 2 heterocycles. The molecule has 0 bridgehead atoms. The van der Waals surface area contributed by atoms with Crippen LogP contribution in [0.4, 0.5) is 5.82 Å². The number of fused-ring (bicyclic) bond motifs is 1. The largest absolute Gasteiger partial charge is 0.508 e. The molecule has 0 aliphatic heterocycles. The van der Waals surface area contributed by atoms with Crippen LogP contribution in [-0.2, 0) is 0 Å². The van der Waals surface area contributed by atoms with Crippen LogP contribution < -0.4 is 5.32 Å². The van der Waals surface area contributed by atoms with Crippen molar-refractivity contribution in [2.75, 3.05) is 5.32 Å². The summed E-state index contributed by atoms with van der Waals surface area (Å²) in [5, 5.41) is 22.9. The van der Waals surface area contributed by atoms with Gasteiger partial charge in [0.15, 0.2) is 11.5 Å². The Labute approximate surface area is 139 Å². The first kappa shape index (κ1) is 15.0. The summed E-state index contributed by atoms with van der Waals surface area (Å²) in [6, 6.07) is 7.37. The fourth-order valence-corrected chi connectivity index (χ4v) is 3.25. The van der Waals surface area contributed by atoms with Crippen LogP contribution in [0.25, 0.3) is 16.9 Å². The highest BCUT2D eigenvalue weighted by Crippen LogP contribution is 2.27. The molecule has 1 aliphatic carbocycles. The highest BCUT2D eigenvalue weighted by molar-refractivity contribution is 5.70. The number of hydrogen-bond donors (Lipinski definition) is 3. The average molecular weight is 324 g/mol. The van der Waals surface area contributed by atoms with Crippen molar-refractivity contribution in [3.63, 3.8) is 0 Å². The molecule has 24 heavy (non-hydrogen) atoms. The lowest BCUT2D eigenvalue weighted by Crippen LogP contribution is -2.28. The zero-order valence-electron chi connectivity index (χ0n) is 13.3. The van der Waals surface area contributed by atoms with Crippen LogP contribution in [0.15, 0.2) is 42.9 Å². The lowest BCUT2D eigenvalue weighted by molar-refractivity contribution is 0.126. The van der Waals surface area contributed by atoms with Crippen molar-refractivity contribution < 1.29 is 10.2 Å². The van der Waals surface area contributed by atoms with Crippen LogP contribution in [-0.4, -0.2) is 36.7 Å². The summed E-state index contributed by atoms with van der Waals surface area (Å²) in [5.41, 5.74) is 2.41. The van der Waals surface area contributed by atoms with E-state index in [0.29, 0.717) is 6.04 Å². The first-order valence-electron chi connectivity index (χ1n) is 8.27. The van der Waals surface area contributed by atoms with E-state index in [1.165, 1.54) is 0 Å². The van der Waals surface area contributed by atoms with Gasteiger partial charge in [0.2, 0.25) is 0 Å². The highest BCUT2D eigenvalue weighted by Gasteiger charge is 2.21. The van der Waals surface area contributed by atoms with Crippen LogP contribution in [0.1, 0.15) is 25.7 Å². The van der Waals surface area contributed by atoms with E-state index in [9.17, 15) is 10.2 Å². The Balaban J connectivity index is 1.70. The average Bonchev–Trinajstić information content (AvgIpc) is 3.06. The van der Waals surface area contributed by atoms with Crippen LogP contribution in [0.5, 0.6) is 5.75 Å². The molecule has 1 fully saturated rings. The van der Waals surface area contributed by atoms with E-state index in [0.717, 1.165) is 48.4 Å². The SMILES string of the molecule is Oc1cccc(-c2cn3ccnc3c(NC3CCC(O)CC3)n2)c1. The van der Waals surface area contributed by atoms with Crippen molar-refractivity contribution in [1.29, 1.82) is 0 Å². The molecule has 0 atom stereocenters. The van der Waals surface area contributed by atoms with Gasteiger partial charge in [0.1, 0.15) is 5.75 Å². The van der Waals surface area contributed by atoms with Gasteiger partial charge < -0.3 is 19.9 Å². The zero-order valence-corrected chi connectivity index (χ0v) is 13.3. The molecule has 0 spiro atoms. The smallest absolute Gasteiger partial charge is 0.180 e. The fourth-order valence-electron chi connectivity index (χ4n) is 3.25. The van der Waals surface area contributed by atoms with E-state index in [4.69, 9.17) is 4.98 Å². The lowest BCUT2D eigenvalue weighted by atomic mass is 9.93. The van der Waals surface area contributed by atoms with Gasteiger partial charge in [-0.3, -0.25) is 0 Å². The van der Waals surface area contributed by atoms with Gasteiger partial charge in [-0.1, -0.05) is 12.1 Å². The van der Waals surface area contributed by atoms with E-state index in [1.807, 2.05) is 22.9 Å². The summed E-state index contributed by atoms with van der Waals surface area (Å²) in [6.07, 6.45) is 8.84. The molecule has 0 unspecified atom stereocenters. The Morgan fingerprint density at radius 1 is 1.17 bits per heavy atom. The summed E-state index contributed by atoms with van der Waals surface area (Å²) >= 11 is 0. The summed E-state index contributed by atoms with van der Waals surface area (Å²) < 4.78 is 1.94. The molecule has 3 N–H and O–H groups in total. The number of benzene rings is 1. The van der Waals surface area contributed by atoms with Crippen LogP contribution in [0.3, 0.4) is 0 Å². The summed E-state index contributed by atoms with van der Waals surface area (Å²) in [4.78, 5) is 9.12. The number of nitrogens with zero attached hydrogens (tertiary/aromatic N) is 3. The number of aliphatic hydroxyl groups excluding tert-OH is 1. The molecule has 4 rings (SSSR count). The maximum atomic E-state index is 9.72. The van der Waals surface area contributed by atoms with Crippen LogP contribution in [0.2, 0.25) is 0 Å². The third-order valence-electron chi connectivity index (χ3n) is 4.55. The maximum absolute atomic E-state index is 9.72. The molecule has 0 radical (unpaired) electrons. The Kier molecular flexibility index (Phi) is 3.82. The van der Waals surface area contributed by atoms with Gasteiger partial charge in [-0.05, 0) is 37.8 Å². The standard InChI is InChI=1S/C18H20N4O2/c23-14-6-4-13(5-7-14)20-17-18-19-8-9-22(18)11-16(21-17)12-2-1-3-15(24)10-12/h1-3,8-11,13-14,23-24H,4-7H2,(H,20,21). The third kappa shape index (κ3) is 2.92. The Hall–Kier alpha value is -2.60. The van der Waals surface area contributed by atoms with Gasteiger partial charge in [-0.2, -0.15) is 0 Å². The van der Waals surface area contributed by atoms with Crippen molar-refractivity contribution in [3.8, 4) is 17.0 Å². The number of hydrogen-bond acceptors (Lipinski definition) is 5. The fraction of sp³-hybridized carbons (Fsp3) is 0.333. The normalized spacial score (nSPS) is 21.0. The van der Waals surface area contributed by atoms with Crippen molar-refractivity contribution in [3.05, 3.63) is 42.9 Å². The monoisotopic (exact) mass is 324 g/mol. The van der Waals surface area contributed by atoms with E-state index in [-0.39, 0.29) is 11.9 Å². The number of rotatable bonds is 3. The predicted octanol–water partition coefficient (Wildman–Crippen LogP) is 2.82. The van der Waals surface area contributed by atoms with E-state index >= 15 is 0 Å². The number of phenols is 1. The van der Waals surface area contributed by atoms with E-state index in [2.05, 4.69) is 10.3 Å². The van der Waals surface area contributed by atoms with Gasteiger partial charge in [-0.15, -0.1) is 0 Å². The van der Waals surface area contributed by atoms with E-state index < -0.39 is 0 Å². The highest BCUT2D eigenvalue weighted by atomic mass is 16.3. The van der Waals surface area contributed by atoms with Gasteiger partial charge in [-0.25, -0.2) is 9.97 Å². The number of aromatic nitrogens is 3. The molecule has 1 aromatic carbocycles. The van der Waals surface area contributed by atoms with Gasteiger partial charge in [0, 0.05) is 30.2 Å². The second-order valence-corrected chi connectivity index (χ2v) is 6.33. The molecule has 1 aliphatic rings. The molecule has 6 nitrogen and oxygen atoms in total. The number of aliphatic hydroxyl groups is 1. The molecule has 3 aromatic rings. The lowest BCUT2D eigenvalue weighted by Gasteiger charge is -2.26. The topological polar surface area (TPSA) is 82.7 Å². The second kappa shape index (κ2) is 6.13. The number of aromatic hydroxyl groups is 1. The Morgan fingerprint density at radius 3 is 2.79 bits per heavy atom. The number of imidazole rings is 1. The summed E-state index contributed by atoms with van der Waals surface area (Å²) in [6.45, 7) is 0. The minimum absolute atomic E-state index is 0.180. The number of nitrogens with one attached hydrogen (secondary N) is 1. The molecule has 1 saturated carbocycles.